The number of rotatable bonds is 0. The molecule has 0 aromatic carbocycles. The second-order valence-corrected chi connectivity index (χ2v) is 1.70. The van der Waals surface area contributed by atoms with Crippen LogP contribution in [0.5, 0.6) is 0 Å². The fraction of sp³-hybridized carbons (Fsp3) is 0.750. The molecule has 0 bridgehead atoms. The molecule has 0 amide bonds. The molecule has 1 fully saturated rings. The molecule has 0 saturated heterocycles. The number of hydrogen-bond donors (Lipinski definition) is 0. The van der Waals surface area contributed by atoms with E-state index in [1.807, 2.05) is 0 Å². The number of halogens is 4. The van der Waals surface area contributed by atoms with Gasteiger partial charge in [-0.2, -0.15) is 8.78 Å². The average molecular weight is 127 g/mol. The maximum absolute atomic E-state index is 11.5. The predicted molar refractivity (Wildman–Crippen MR) is 18.8 cm³/mol. The van der Waals surface area contributed by atoms with Crippen molar-refractivity contribution in [3.63, 3.8) is 0 Å². The molecule has 0 heterocycles. The van der Waals surface area contributed by atoms with Crippen LogP contribution in [0.25, 0.3) is 0 Å². The van der Waals surface area contributed by atoms with E-state index in [4.69, 9.17) is 0 Å². The lowest BCUT2D eigenvalue weighted by Crippen LogP contribution is -2.46. The van der Waals surface area contributed by atoms with Gasteiger partial charge in [-0.15, -0.1) is 0 Å². The molecule has 0 nitrogen and oxygen atoms in total. The Hall–Kier alpha value is -0.280. The first kappa shape index (κ1) is 5.85. The summed E-state index contributed by atoms with van der Waals surface area (Å²) in [5, 5.41) is 0. The van der Waals surface area contributed by atoms with Gasteiger partial charge in [-0.05, 0) is 0 Å². The van der Waals surface area contributed by atoms with Gasteiger partial charge >= 0.3 is 5.92 Å². The predicted octanol–water partition coefficient (Wildman–Crippen LogP) is 1.86. The summed E-state index contributed by atoms with van der Waals surface area (Å²) in [5.74, 6) is -3.78. The van der Waals surface area contributed by atoms with Crippen LogP contribution in [0, 0.1) is 6.17 Å². The van der Waals surface area contributed by atoms with Crippen molar-refractivity contribution in [3.8, 4) is 0 Å². The van der Waals surface area contributed by atoms with Crippen molar-refractivity contribution >= 4 is 0 Å². The largest absolute Gasteiger partial charge is 0.315 e. The van der Waals surface area contributed by atoms with Crippen LogP contribution in [0.2, 0.25) is 0 Å². The van der Waals surface area contributed by atoms with E-state index >= 15 is 0 Å². The minimum atomic E-state index is -3.78. The van der Waals surface area contributed by atoms with Crippen molar-refractivity contribution in [2.45, 2.75) is 18.5 Å². The standard InChI is InChI=1S/C4H3F4/c5-2-1-3(6)4(2,7)8/h2H,1H2. The molecule has 1 aliphatic carbocycles. The molecule has 1 atom stereocenters. The van der Waals surface area contributed by atoms with Gasteiger partial charge in [0.1, 0.15) is 0 Å². The Kier molecular flexibility index (Phi) is 0.994. The fourth-order valence-corrected chi connectivity index (χ4v) is 0.460. The molecule has 1 radical (unpaired) electrons. The maximum Gasteiger partial charge on any atom is 0.315 e. The van der Waals surface area contributed by atoms with E-state index in [9.17, 15) is 17.6 Å². The van der Waals surface area contributed by atoms with Crippen molar-refractivity contribution in [2.75, 3.05) is 0 Å². The van der Waals surface area contributed by atoms with Crippen LogP contribution in [0.4, 0.5) is 17.6 Å². The lowest BCUT2D eigenvalue weighted by molar-refractivity contribution is -0.146. The van der Waals surface area contributed by atoms with Gasteiger partial charge in [0.05, 0.1) is 0 Å². The number of hydrogen-bond acceptors (Lipinski definition) is 0. The fourth-order valence-electron chi connectivity index (χ4n) is 0.460. The van der Waals surface area contributed by atoms with E-state index in [0.29, 0.717) is 0 Å². The molecule has 0 aromatic heterocycles. The van der Waals surface area contributed by atoms with Crippen molar-refractivity contribution in [3.05, 3.63) is 6.17 Å². The molecule has 1 aliphatic rings. The van der Waals surface area contributed by atoms with Crippen LogP contribution in [0.1, 0.15) is 6.42 Å². The third-order valence-electron chi connectivity index (χ3n) is 1.11. The summed E-state index contributed by atoms with van der Waals surface area (Å²) in [6.45, 7) is 0. The molecule has 1 unspecified atom stereocenters. The first-order chi connectivity index (χ1) is 3.55. The highest BCUT2D eigenvalue weighted by molar-refractivity contribution is 5.11. The highest BCUT2D eigenvalue weighted by Gasteiger charge is 2.60. The van der Waals surface area contributed by atoms with Crippen LogP contribution >= 0.6 is 0 Å². The van der Waals surface area contributed by atoms with E-state index in [1.54, 1.807) is 0 Å². The topological polar surface area (TPSA) is 0 Å². The van der Waals surface area contributed by atoms with Crippen LogP contribution in [-0.2, 0) is 0 Å². The van der Waals surface area contributed by atoms with Gasteiger partial charge in [0, 0.05) is 6.42 Å². The smallest absolute Gasteiger partial charge is 0.241 e. The molecule has 0 aliphatic heterocycles. The molecule has 8 heavy (non-hydrogen) atoms. The Bertz CT molecular complexity index is 90.2. The van der Waals surface area contributed by atoms with Crippen molar-refractivity contribution < 1.29 is 17.6 Å². The van der Waals surface area contributed by atoms with Crippen LogP contribution in [0.15, 0.2) is 0 Å². The molecule has 0 N–H and O–H groups in total. The van der Waals surface area contributed by atoms with E-state index in [-0.39, 0.29) is 0 Å². The average Bonchev–Trinajstić information content (AvgIpc) is 1.68. The van der Waals surface area contributed by atoms with E-state index in [1.165, 1.54) is 0 Å². The van der Waals surface area contributed by atoms with Crippen LogP contribution < -0.4 is 0 Å². The summed E-state index contributed by atoms with van der Waals surface area (Å²) < 4.78 is 46.1. The zero-order valence-corrected chi connectivity index (χ0v) is 3.80. The summed E-state index contributed by atoms with van der Waals surface area (Å²) in [6.07, 6.45) is -4.56. The van der Waals surface area contributed by atoms with Gasteiger partial charge < -0.3 is 0 Å². The Morgan fingerprint density at radius 3 is 2.00 bits per heavy atom. The first-order valence-corrected chi connectivity index (χ1v) is 2.09. The number of alkyl halides is 3. The monoisotopic (exact) mass is 127 g/mol. The SMILES string of the molecule is F[C]1CC(F)C1(F)F. The van der Waals surface area contributed by atoms with Crippen molar-refractivity contribution in [1.82, 2.24) is 0 Å². The van der Waals surface area contributed by atoms with Crippen molar-refractivity contribution in [1.29, 1.82) is 0 Å². The Morgan fingerprint density at radius 1 is 1.50 bits per heavy atom. The zero-order valence-electron chi connectivity index (χ0n) is 3.80. The normalized spacial score (nSPS) is 36.8. The minimum Gasteiger partial charge on any atom is -0.241 e. The van der Waals surface area contributed by atoms with Gasteiger partial charge in [-0.3, -0.25) is 0 Å². The summed E-state index contributed by atoms with van der Waals surface area (Å²) in [4.78, 5) is 0. The highest BCUT2D eigenvalue weighted by Crippen LogP contribution is 2.47. The van der Waals surface area contributed by atoms with Gasteiger partial charge in [0.15, 0.2) is 6.17 Å². The zero-order chi connectivity index (χ0) is 6.36. The Balaban J connectivity index is 2.52. The van der Waals surface area contributed by atoms with Gasteiger partial charge in [-0.25, -0.2) is 8.78 Å². The lowest BCUT2D eigenvalue weighted by atomic mass is 9.90. The molecule has 47 valence electrons. The summed E-state index contributed by atoms with van der Waals surface area (Å²) in [7, 11) is 0. The summed E-state index contributed by atoms with van der Waals surface area (Å²) in [6, 6.07) is 0. The summed E-state index contributed by atoms with van der Waals surface area (Å²) >= 11 is 0. The summed E-state index contributed by atoms with van der Waals surface area (Å²) in [5.41, 5.74) is 0. The lowest BCUT2D eigenvalue weighted by Gasteiger charge is -2.32. The maximum atomic E-state index is 11.5. The second kappa shape index (κ2) is 1.36. The molecule has 0 spiro atoms. The minimum absolute atomic E-state index is 0.729. The quantitative estimate of drug-likeness (QED) is 0.435. The first-order valence-electron chi connectivity index (χ1n) is 2.09. The molecular formula is C4H3F4. The second-order valence-electron chi connectivity index (χ2n) is 1.70. The van der Waals surface area contributed by atoms with Crippen LogP contribution in [-0.4, -0.2) is 12.1 Å². The molecule has 0 aromatic rings. The third kappa shape index (κ3) is 0.516. The van der Waals surface area contributed by atoms with E-state index < -0.39 is 24.7 Å². The van der Waals surface area contributed by atoms with Gasteiger partial charge in [0.2, 0.25) is 6.17 Å². The van der Waals surface area contributed by atoms with Crippen LogP contribution in [0.3, 0.4) is 0 Å². The Labute approximate surface area is 43.5 Å². The van der Waals surface area contributed by atoms with Gasteiger partial charge in [0.25, 0.3) is 0 Å². The Morgan fingerprint density at radius 2 is 2.00 bits per heavy atom. The molecular weight excluding hydrogens is 124 g/mol. The van der Waals surface area contributed by atoms with Crippen molar-refractivity contribution in [2.24, 2.45) is 0 Å². The van der Waals surface area contributed by atoms with E-state index in [0.717, 1.165) is 0 Å². The molecule has 4 heteroatoms. The highest BCUT2D eigenvalue weighted by atomic mass is 19.3. The third-order valence-corrected chi connectivity index (χ3v) is 1.11. The van der Waals surface area contributed by atoms with E-state index in [2.05, 4.69) is 0 Å². The molecule has 1 saturated carbocycles. The molecule has 1 rings (SSSR count). The van der Waals surface area contributed by atoms with Gasteiger partial charge in [-0.1, -0.05) is 0 Å².